The van der Waals surface area contributed by atoms with Crippen molar-refractivity contribution in [2.24, 2.45) is 0 Å². The number of piperidine rings is 1. The van der Waals surface area contributed by atoms with Crippen molar-refractivity contribution in [1.82, 2.24) is 15.3 Å². The molecule has 11 heteroatoms. The van der Waals surface area contributed by atoms with Crippen LogP contribution in [0.5, 0.6) is 0 Å². The van der Waals surface area contributed by atoms with Crippen LogP contribution in [0.15, 0.2) is 42.7 Å². The molecule has 1 saturated heterocycles. The van der Waals surface area contributed by atoms with Crippen LogP contribution in [0.1, 0.15) is 28.8 Å². The fourth-order valence-electron chi connectivity index (χ4n) is 3.67. The molecule has 0 spiro atoms. The van der Waals surface area contributed by atoms with Gasteiger partial charge >= 0.3 is 6.18 Å². The van der Waals surface area contributed by atoms with Gasteiger partial charge in [-0.05, 0) is 31.0 Å². The van der Waals surface area contributed by atoms with Crippen molar-refractivity contribution in [2.75, 3.05) is 18.0 Å². The van der Waals surface area contributed by atoms with E-state index in [2.05, 4.69) is 15.3 Å². The monoisotopic (exact) mass is 433 g/mol. The highest BCUT2D eigenvalue weighted by Crippen LogP contribution is 2.30. The van der Waals surface area contributed by atoms with Gasteiger partial charge in [0.1, 0.15) is 5.82 Å². The van der Waals surface area contributed by atoms with Crippen LogP contribution in [-0.2, 0) is 6.18 Å². The predicted octanol–water partition coefficient (Wildman–Crippen LogP) is 3.89. The molecule has 0 unspecified atom stereocenters. The van der Waals surface area contributed by atoms with Gasteiger partial charge in [-0.3, -0.25) is 14.9 Å². The predicted molar refractivity (Wildman–Crippen MR) is 107 cm³/mol. The normalized spacial score (nSPS) is 15.3. The Bertz CT molecular complexity index is 1120. The second-order valence-corrected chi connectivity index (χ2v) is 7.33. The number of H-pyrrole nitrogens is 1. The molecule has 3 aromatic rings. The highest BCUT2D eigenvalue weighted by molar-refractivity contribution is 6.07. The third-order valence-electron chi connectivity index (χ3n) is 5.35. The van der Waals surface area contributed by atoms with Gasteiger partial charge < -0.3 is 15.2 Å². The Morgan fingerprint density at radius 3 is 2.58 bits per heavy atom. The highest BCUT2D eigenvalue weighted by Gasteiger charge is 2.31. The van der Waals surface area contributed by atoms with Crippen LogP contribution < -0.4 is 10.2 Å². The molecule has 0 radical (unpaired) electrons. The summed E-state index contributed by atoms with van der Waals surface area (Å²) in [5.41, 5.74) is 0.0559. The summed E-state index contributed by atoms with van der Waals surface area (Å²) < 4.78 is 38.0. The minimum absolute atomic E-state index is 0.0986. The number of aromatic amines is 1. The zero-order valence-corrected chi connectivity index (χ0v) is 16.1. The number of nitro groups is 1. The number of carbonyl (C=O) groups is 1. The molecule has 0 atom stereocenters. The molecule has 1 aliphatic rings. The molecule has 4 rings (SSSR count). The van der Waals surface area contributed by atoms with Gasteiger partial charge in [-0.25, -0.2) is 4.98 Å². The molecule has 0 saturated carbocycles. The number of rotatable bonds is 4. The van der Waals surface area contributed by atoms with Crippen LogP contribution in [0.25, 0.3) is 10.9 Å². The van der Waals surface area contributed by atoms with Crippen LogP contribution in [-0.4, -0.2) is 39.9 Å². The van der Waals surface area contributed by atoms with Gasteiger partial charge in [-0.15, -0.1) is 0 Å². The Balaban J connectivity index is 1.39. The molecular weight excluding hydrogens is 415 g/mol. The highest BCUT2D eigenvalue weighted by atomic mass is 19.4. The Kier molecular flexibility index (Phi) is 5.25. The molecule has 8 nitrogen and oxygen atoms in total. The number of pyridine rings is 1. The molecule has 1 aromatic carbocycles. The maximum atomic E-state index is 12.7. The summed E-state index contributed by atoms with van der Waals surface area (Å²) in [7, 11) is 0. The largest absolute Gasteiger partial charge is 0.417 e. The van der Waals surface area contributed by atoms with E-state index in [1.165, 1.54) is 24.4 Å². The summed E-state index contributed by atoms with van der Waals surface area (Å²) in [4.78, 5) is 31.9. The molecule has 1 amide bonds. The quantitative estimate of drug-likeness (QED) is 0.480. The lowest BCUT2D eigenvalue weighted by Gasteiger charge is -2.33. The summed E-state index contributed by atoms with van der Waals surface area (Å²) in [6.07, 6.45) is -0.899. The van der Waals surface area contributed by atoms with Crippen LogP contribution in [0.4, 0.5) is 24.7 Å². The standard InChI is InChI=1S/C20H18F3N5O3/c21-20(22,23)12-1-4-18(25-10-12)27-7-5-13(6-8-27)26-19(29)16-11-24-17-3-2-14(28(30)31)9-15(16)17/h1-4,9-11,13,24H,5-8H2,(H,26,29). The molecule has 2 aromatic heterocycles. The van der Waals surface area contributed by atoms with Crippen molar-refractivity contribution in [3.05, 3.63) is 64.0 Å². The van der Waals surface area contributed by atoms with Crippen LogP contribution in [0.2, 0.25) is 0 Å². The first-order valence-corrected chi connectivity index (χ1v) is 9.57. The minimum atomic E-state index is -4.42. The number of nitrogens with one attached hydrogen (secondary N) is 2. The SMILES string of the molecule is O=C(NC1CCN(c2ccc(C(F)(F)F)cn2)CC1)c1c[nH]c2ccc([N+](=O)[O-])cc12. The first-order chi connectivity index (χ1) is 14.7. The number of non-ortho nitro benzene ring substituents is 1. The number of aromatic nitrogens is 2. The maximum Gasteiger partial charge on any atom is 0.417 e. The average Bonchev–Trinajstić information content (AvgIpc) is 3.17. The fraction of sp³-hybridized carbons (Fsp3) is 0.300. The van der Waals surface area contributed by atoms with Crippen LogP contribution in [0.3, 0.4) is 0 Å². The number of nitro benzene ring substituents is 1. The van der Waals surface area contributed by atoms with E-state index < -0.39 is 16.7 Å². The van der Waals surface area contributed by atoms with Gasteiger partial charge in [0.25, 0.3) is 11.6 Å². The Hall–Kier alpha value is -3.63. The number of anilines is 1. The average molecular weight is 433 g/mol. The molecule has 0 bridgehead atoms. The van der Waals surface area contributed by atoms with Crippen molar-refractivity contribution in [2.45, 2.75) is 25.1 Å². The summed E-state index contributed by atoms with van der Waals surface area (Å²) in [5.74, 6) is 0.125. The Morgan fingerprint density at radius 2 is 1.97 bits per heavy atom. The van der Waals surface area contributed by atoms with Crippen molar-refractivity contribution in [3.63, 3.8) is 0 Å². The van der Waals surface area contributed by atoms with E-state index in [-0.39, 0.29) is 17.6 Å². The molecular formula is C20H18F3N5O3. The van der Waals surface area contributed by atoms with Crippen molar-refractivity contribution < 1.29 is 22.9 Å². The third-order valence-corrected chi connectivity index (χ3v) is 5.35. The van der Waals surface area contributed by atoms with Crippen LogP contribution in [0, 0.1) is 10.1 Å². The van der Waals surface area contributed by atoms with E-state index in [1.807, 2.05) is 4.90 Å². The van der Waals surface area contributed by atoms with Crippen LogP contribution >= 0.6 is 0 Å². The minimum Gasteiger partial charge on any atom is -0.360 e. The Morgan fingerprint density at radius 1 is 1.23 bits per heavy atom. The molecule has 1 fully saturated rings. The van der Waals surface area contributed by atoms with E-state index in [9.17, 15) is 28.1 Å². The molecule has 1 aliphatic heterocycles. The van der Waals surface area contributed by atoms with E-state index in [0.29, 0.717) is 48.2 Å². The third kappa shape index (κ3) is 4.30. The van der Waals surface area contributed by atoms with Gasteiger partial charge in [-0.2, -0.15) is 13.2 Å². The van der Waals surface area contributed by atoms with E-state index >= 15 is 0 Å². The zero-order chi connectivity index (χ0) is 22.2. The zero-order valence-electron chi connectivity index (χ0n) is 16.1. The van der Waals surface area contributed by atoms with Crippen molar-refractivity contribution in [3.8, 4) is 0 Å². The van der Waals surface area contributed by atoms with Crippen molar-refractivity contribution >= 4 is 28.3 Å². The molecule has 31 heavy (non-hydrogen) atoms. The smallest absolute Gasteiger partial charge is 0.360 e. The number of halogens is 3. The van der Waals surface area contributed by atoms with E-state index in [4.69, 9.17) is 0 Å². The molecule has 3 heterocycles. The molecule has 2 N–H and O–H groups in total. The number of benzene rings is 1. The van der Waals surface area contributed by atoms with Gasteiger partial charge in [0.2, 0.25) is 0 Å². The van der Waals surface area contributed by atoms with Gasteiger partial charge in [0.05, 0.1) is 16.1 Å². The summed E-state index contributed by atoms with van der Waals surface area (Å²) >= 11 is 0. The van der Waals surface area contributed by atoms with Gasteiger partial charge in [0, 0.05) is 54.6 Å². The lowest BCUT2D eigenvalue weighted by Crippen LogP contribution is -2.45. The first-order valence-electron chi connectivity index (χ1n) is 9.57. The van der Waals surface area contributed by atoms with Crippen molar-refractivity contribution in [1.29, 1.82) is 0 Å². The topological polar surface area (TPSA) is 104 Å². The van der Waals surface area contributed by atoms with Gasteiger partial charge in [-0.1, -0.05) is 0 Å². The van der Waals surface area contributed by atoms with E-state index in [0.717, 1.165) is 12.3 Å². The number of fused-ring (bicyclic) bond motifs is 1. The summed E-state index contributed by atoms with van der Waals surface area (Å²) in [6.45, 7) is 1.06. The van der Waals surface area contributed by atoms with Gasteiger partial charge in [0.15, 0.2) is 0 Å². The number of hydrogen-bond acceptors (Lipinski definition) is 5. The lowest BCUT2D eigenvalue weighted by molar-refractivity contribution is -0.384. The number of nitrogens with zero attached hydrogens (tertiary/aromatic N) is 3. The maximum absolute atomic E-state index is 12.7. The second kappa shape index (κ2) is 7.89. The number of hydrogen-bond donors (Lipinski definition) is 2. The Labute approximate surface area is 174 Å². The first kappa shape index (κ1) is 20.6. The summed E-state index contributed by atoms with van der Waals surface area (Å²) in [6, 6.07) is 6.51. The number of carbonyl (C=O) groups excluding carboxylic acids is 1. The number of amides is 1. The molecule has 0 aliphatic carbocycles. The lowest BCUT2D eigenvalue weighted by atomic mass is 10.0. The second-order valence-electron chi connectivity index (χ2n) is 7.33. The van der Waals surface area contributed by atoms with E-state index in [1.54, 1.807) is 6.07 Å². The molecule has 162 valence electrons. The summed E-state index contributed by atoms with van der Waals surface area (Å²) in [5, 5.41) is 14.4. The number of alkyl halides is 3. The fourth-order valence-corrected chi connectivity index (χ4v) is 3.67.